The van der Waals surface area contributed by atoms with Gasteiger partial charge in [-0.2, -0.15) is 0 Å². The summed E-state index contributed by atoms with van der Waals surface area (Å²) in [6, 6.07) is 2.58. The smallest absolute Gasteiger partial charge is 0.0441 e. The summed E-state index contributed by atoms with van der Waals surface area (Å²) in [5.74, 6) is 0. The highest BCUT2D eigenvalue weighted by Gasteiger charge is 2.13. The van der Waals surface area contributed by atoms with Gasteiger partial charge < -0.3 is 5.32 Å². The highest BCUT2D eigenvalue weighted by molar-refractivity contribution is 7.84. The lowest BCUT2D eigenvalue weighted by Gasteiger charge is -2.16. The molecule has 3 atom stereocenters. The van der Waals surface area contributed by atoms with Crippen molar-refractivity contribution in [3.8, 4) is 0 Å². The van der Waals surface area contributed by atoms with Gasteiger partial charge in [0.05, 0.1) is 0 Å². The van der Waals surface area contributed by atoms with Gasteiger partial charge in [-0.25, -0.2) is 0 Å². The summed E-state index contributed by atoms with van der Waals surface area (Å²) >= 11 is 1.84. The quantitative estimate of drug-likeness (QED) is 0.881. The molecular weight excluding hydrogens is 238 g/mol. The first-order valence-corrected chi connectivity index (χ1v) is 7.98. The Labute approximate surface area is 105 Å². The van der Waals surface area contributed by atoms with Crippen LogP contribution in [0.2, 0.25) is 0 Å². The summed E-state index contributed by atoms with van der Waals surface area (Å²) in [6.45, 7) is 9.28. The predicted molar refractivity (Wildman–Crippen MR) is 73.7 cm³/mol. The van der Waals surface area contributed by atoms with Gasteiger partial charge in [-0.1, -0.05) is 0 Å². The molecule has 4 heteroatoms. The van der Waals surface area contributed by atoms with Crippen molar-refractivity contribution in [2.24, 2.45) is 0 Å². The minimum atomic E-state index is -0.743. The average molecular weight is 259 g/mol. The minimum Gasteiger partial charge on any atom is -0.309 e. The summed E-state index contributed by atoms with van der Waals surface area (Å²) in [6.07, 6.45) is 1.76. The highest BCUT2D eigenvalue weighted by Crippen LogP contribution is 2.25. The van der Waals surface area contributed by atoms with E-state index in [4.69, 9.17) is 0 Å². The fourth-order valence-corrected chi connectivity index (χ4v) is 3.00. The fourth-order valence-electron chi connectivity index (χ4n) is 1.65. The van der Waals surface area contributed by atoms with E-state index in [1.54, 1.807) is 6.26 Å². The van der Waals surface area contributed by atoms with Gasteiger partial charge in [-0.15, -0.1) is 11.3 Å². The van der Waals surface area contributed by atoms with E-state index in [0.29, 0.717) is 6.04 Å². The van der Waals surface area contributed by atoms with E-state index >= 15 is 0 Å². The maximum absolute atomic E-state index is 11.2. The van der Waals surface area contributed by atoms with Gasteiger partial charge in [0.25, 0.3) is 0 Å². The zero-order chi connectivity index (χ0) is 12.3. The van der Waals surface area contributed by atoms with Crippen molar-refractivity contribution in [3.63, 3.8) is 0 Å². The van der Waals surface area contributed by atoms with Gasteiger partial charge in [0.15, 0.2) is 0 Å². The van der Waals surface area contributed by atoms with Crippen LogP contribution in [0.5, 0.6) is 0 Å². The van der Waals surface area contributed by atoms with Crippen molar-refractivity contribution in [1.82, 2.24) is 5.32 Å². The number of aryl methyl sites for hydroxylation is 2. The van der Waals surface area contributed by atoms with Crippen LogP contribution in [0.3, 0.4) is 0 Å². The van der Waals surface area contributed by atoms with E-state index in [2.05, 4.69) is 32.2 Å². The van der Waals surface area contributed by atoms with Crippen LogP contribution in [0, 0.1) is 13.8 Å². The molecule has 0 bridgehead atoms. The molecule has 2 nitrogen and oxygen atoms in total. The molecular formula is C12H21NOS2. The number of thiophene rings is 1. The second kappa shape index (κ2) is 5.94. The molecule has 0 radical (unpaired) electrons. The highest BCUT2D eigenvalue weighted by atomic mass is 32.2. The maximum atomic E-state index is 11.2. The molecule has 1 heterocycles. The molecule has 1 rings (SSSR count). The zero-order valence-corrected chi connectivity index (χ0v) is 12.3. The van der Waals surface area contributed by atoms with Crippen LogP contribution in [-0.4, -0.2) is 22.3 Å². The zero-order valence-electron chi connectivity index (χ0n) is 10.7. The number of rotatable bonds is 5. The topological polar surface area (TPSA) is 29.1 Å². The van der Waals surface area contributed by atoms with Crippen molar-refractivity contribution >= 4 is 22.1 Å². The average Bonchev–Trinajstić information content (AvgIpc) is 2.53. The molecule has 16 heavy (non-hydrogen) atoms. The molecule has 0 aliphatic heterocycles. The second-order valence-corrected chi connectivity index (χ2v) is 7.57. The van der Waals surface area contributed by atoms with Gasteiger partial charge in [0, 0.05) is 44.6 Å². The first-order chi connectivity index (χ1) is 7.41. The first kappa shape index (κ1) is 13.9. The monoisotopic (exact) mass is 259 g/mol. The third-order valence-electron chi connectivity index (χ3n) is 2.82. The Balaban J connectivity index is 2.56. The van der Waals surface area contributed by atoms with Crippen molar-refractivity contribution in [2.45, 2.75) is 39.0 Å². The molecule has 0 fully saturated rings. The van der Waals surface area contributed by atoms with Crippen LogP contribution in [0.15, 0.2) is 6.07 Å². The van der Waals surface area contributed by atoms with Gasteiger partial charge >= 0.3 is 0 Å². The number of nitrogens with one attached hydrogen (secondary N) is 1. The number of hydrogen-bond acceptors (Lipinski definition) is 3. The van der Waals surface area contributed by atoms with Crippen LogP contribution in [0.4, 0.5) is 0 Å². The van der Waals surface area contributed by atoms with Crippen molar-refractivity contribution in [2.75, 3.05) is 12.8 Å². The molecule has 3 unspecified atom stereocenters. The van der Waals surface area contributed by atoms with E-state index in [1.165, 1.54) is 15.3 Å². The molecule has 1 aromatic heterocycles. The van der Waals surface area contributed by atoms with Crippen LogP contribution in [0.1, 0.15) is 35.2 Å². The summed E-state index contributed by atoms with van der Waals surface area (Å²) in [5, 5.41) is 3.66. The summed E-state index contributed by atoms with van der Waals surface area (Å²) < 4.78 is 11.2. The van der Waals surface area contributed by atoms with Crippen LogP contribution in [-0.2, 0) is 10.8 Å². The van der Waals surface area contributed by atoms with Crippen molar-refractivity contribution in [1.29, 1.82) is 0 Å². The third kappa shape index (κ3) is 3.68. The largest absolute Gasteiger partial charge is 0.309 e. The Morgan fingerprint density at radius 1 is 1.44 bits per heavy atom. The first-order valence-electron chi connectivity index (χ1n) is 5.54. The van der Waals surface area contributed by atoms with Gasteiger partial charge in [-0.05, 0) is 39.3 Å². The summed E-state index contributed by atoms with van der Waals surface area (Å²) in [5.41, 5.74) is 1.37. The molecule has 0 aliphatic carbocycles. The molecule has 0 saturated carbocycles. The van der Waals surface area contributed by atoms with E-state index in [-0.39, 0.29) is 5.25 Å². The second-order valence-electron chi connectivity index (χ2n) is 4.31. The lowest BCUT2D eigenvalue weighted by molar-refractivity contribution is 0.568. The standard InChI is InChI=1S/C12H21NOS2/c1-8-6-12(11(4)15-8)10(3)13-7-9(2)16(5)14/h6,9-10,13H,7H2,1-5H3. The van der Waals surface area contributed by atoms with Crippen LogP contribution < -0.4 is 5.32 Å². The maximum Gasteiger partial charge on any atom is 0.0441 e. The van der Waals surface area contributed by atoms with Crippen molar-refractivity contribution < 1.29 is 4.21 Å². The fraction of sp³-hybridized carbons (Fsp3) is 0.667. The Morgan fingerprint density at radius 2 is 2.06 bits per heavy atom. The third-order valence-corrected chi connectivity index (χ3v) is 5.11. The van der Waals surface area contributed by atoms with Gasteiger partial charge in [-0.3, -0.25) is 4.21 Å². The van der Waals surface area contributed by atoms with E-state index in [1.807, 2.05) is 18.3 Å². The van der Waals surface area contributed by atoms with Gasteiger partial charge in [0.1, 0.15) is 0 Å². The Hall–Kier alpha value is -0.190. The summed E-state index contributed by atoms with van der Waals surface area (Å²) in [4.78, 5) is 2.73. The molecule has 1 aromatic rings. The Morgan fingerprint density at radius 3 is 2.50 bits per heavy atom. The Kier molecular flexibility index (Phi) is 5.15. The number of hydrogen-bond donors (Lipinski definition) is 1. The minimum absolute atomic E-state index is 0.211. The Bertz CT molecular complexity index is 373. The van der Waals surface area contributed by atoms with Crippen molar-refractivity contribution in [3.05, 3.63) is 21.4 Å². The lowest BCUT2D eigenvalue weighted by Crippen LogP contribution is -2.29. The lowest BCUT2D eigenvalue weighted by atomic mass is 10.1. The predicted octanol–water partition coefficient (Wildman–Crippen LogP) is 2.78. The molecule has 0 spiro atoms. The molecule has 92 valence electrons. The molecule has 1 N–H and O–H groups in total. The van der Waals surface area contributed by atoms with Gasteiger partial charge in [0.2, 0.25) is 0 Å². The van der Waals surface area contributed by atoms with Crippen LogP contribution in [0.25, 0.3) is 0 Å². The van der Waals surface area contributed by atoms with E-state index < -0.39 is 10.8 Å². The molecule has 0 saturated heterocycles. The summed E-state index contributed by atoms with van der Waals surface area (Å²) in [7, 11) is -0.743. The van der Waals surface area contributed by atoms with E-state index in [9.17, 15) is 4.21 Å². The molecule has 0 aliphatic rings. The molecule has 0 aromatic carbocycles. The molecule has 0 amide bonds. The normalized spacial score (nSPS) is 17.1. The van der Waals surface area contributed by atoms with E-state index in [0.717, 1.165) is 6.54 Å². The van der Waals surface area contributed by atoms with Crippen LogP contribution >= 0.6 is 11.3 Å². The SMILES string of the molecule is Cc1cc(C(C)NCC(C)S(C)=O)c(C)s1.